The van der Waals surface area contributed by atoms with Crippen LogP contribution < -0.4 is 5.32 Å². The molecule has 3 aromatic carbocycles. The third-order valence-electron chi connectivity index (χ3n) is 4.86. The minimum absolute atomic E-state index is 0.139. The van der Waals surface area contributed by atoms with E-state index < -0.39 is 29.0 Å². The molecule has 0 aliphatic rings. The Labute approximate surface area is 199 Å². The summed E-state index contributed by atoms with van der Waals surface area (Å²) in [6, 6.07) is 28.1. The Morgan fingerprint density at radius 2 is 1.21 bits per heavy atom. The van der Waals surface area contributed by atoms with Crippen molar-refractivity contribution in [1.82, 2.24) is 5.32 Å². The largest absolute Gasteiger partial charge is 0.480 e. The molecule has 0 heterocycles. The summed E-state index contributed by atoms with van der Waals surface area (Å²) in [5.74, 6) is -1.12. The van der Waals surface area contributed by atoms with Gasteiger partial charge in [-0.3, -0.25) is 0 Å². The lowest BCUT2D eigenvalue weighted by molar-refractivity contribution is -0.139. The van der Waals surface area contributed by atoms with Crippen molar-refractivity contribution in [1.29, 1.82) is 0 Å². The lowest BCUT2D eigenvalue weighted by Crippen LogP contribution is -2.46. The van der Waals surface area contributed by atoms with Crippen molar-refractivity contribution >= 4 is 23.8 Å². The van der Waals surface area contributed by atoms with Gasteiger partial charge in [0.15, 0.2) is 0 Å². The molecule has 3 aromatic rings. The number of hydrogen-bond donors (Lipinski definition) is 2. The second-order valence-electron chi connectivity index (χ2n) is 8.63. The number of hydrogen-bond acceptors (Lipinski definition) is 4. The topological polar surface area (TPSA) is 75.6 Å². The van der Waals surface area contributed by atoms with Crippen molar-refractivity contribution < 1.29 is 19.4 Å². The molecular weight excluding hydrogens is 434 g/mol. The third kappa shape index (κ3) is 7.12. The molecule has 0 saturated carbocycles. The first-order valence-electron chi connectivity index (χ1n) is 10.8. The molecule has 1 amide bonds. The second kappa shape index (κ2) is 11.1. The van der Waals surface area contributed by atoms with Crippen LogP contribution in [0.2, 0.25) is 0 Å². The highest BCUT2D eigenvalue weighted by atomic mass is 32.2. The highest BCUT2D eigenvalue weighted by Crippen LogP contribution is 2.46. The highest BCUT2D eigenvalue weighted by Gasteiger charge is 2.35. The summed E-state index contributed by atoms with van der Waals surface area (Å²) >= 11 is 1.49. The van der Waals surface area contributed by atoms with Gasteiger partial charge in [0.2, 0.25) is 0 Å². The molecule has 33 heavy (non-hydrogen) atoms. The monoisotopic (exact) mass is 463 g/mol. The Kier molecular flexibility index (Phi) is 8.17. The minimum atomic E-state index is -1.19. The normalized spacial score (nSPS) is 13.2. The minimum Gasteiger partial charge on any atom is -0.480 e. The average molecular weight is 464 g/mol. The number of ether oxygens (including phenoxy) is 1. The van der Waals surface area contributed by atoms with Crippen molar-refractivity contribution in [2.45, 2.75) is 42.9 Å². The fourth-order valence-electron chi connectivity index (χ4n) is 3.45. The molecule has 0 saturated heterocycles. The smallest absolute Gasteiger partial charge is 0.408 e. The van der Waals surface area contributed by atoms with Crippen molar-refractivity contribution in [3.63, 3.8) is 0 Å². The van der Waals surface area contributed by atoms with Crippen LogP contribution in [0.25, 0.3) is 0 Å². The number of carbonyl (C=O) groups is 2. The first kappa shape index (κ1) is 24.4. The first-order valence-corrected chi connectivity index (χ1v) is 11.7. The lowest BCUT2D eigenvalue weighted by Gasteiger charge is -2.30. The summed E-state index contributed by atoms with van der Waals surface area (Å²) in [4.78, 5) is 24.9. The molecule has 0 fully saturated rings. The quantitative estimate of drug-likeness (QED) is 0.414. The van der Waals surface area contributed by atoms with E-state index in [2.05, 4.69) is 5.32 Å². The number of nitrogens with one attached hydrogen (secondary N) is 1. The van der Waals surface area contributed by atoms with E-state index in [1.165, 1.54) is 11.8 Å². The summed E-state index contributed by atoms with van der Waals surface area (Å²) in [5, 5.41) is 12.0. The molecule has 172 valence electrons. The van der Waals surface area contributed by atoms with E-state index in [9.17, 15) is 14.7 Å². The van der Waals surface area contributed by atoms with Crippen LogP contribution in [0.15, 0.2) is 91.0 Å². The maximum Gasteiger partial charge on any atom is 0.408 e. The summed E-state index contributed by atoms with van der Waals surface area (Å²) in [6.07, 6.45) is -0.757. The van der Waals surface area contributed by atoms with Crippen LogP contribution in [0.4, 0.5) is 4.79 Å². The summed E-state index contributed by atoms with van der Waals surface area (Å²) in [7, 11) is 0. The number of alkyl carbamates (subject to hydrolysis) is 1. The first-order chi connectivity index (χ1) is 15.7. The van der Waals surface area contributed by atoms with Crippen molar-refractivity contribution in [2.75, 3.05) is 0 Å². The van der Waals surface area contributed by atoms with Gasteiger partial charge in [-0.15, -0.1) is 11.8 Å². The lowest BCUT2D eigenvalue weighted by atomic mass is 10.0. The van der Waals surface area contributed by atoms with Crippen LogP contribution >= 0.6 is 11.8 Å². The van der Waals surface area contributed by atoms with Crippen LogP contribution in [0.1, 0.15) is 48.0 Å². The van der Waals surface area contributed by atoms with E-state index in [1.54, 1.807) is 20.8 Å². The SMILES string of the molecule is CC(C)(C)OC(=O)N[C@@H](C(=O)O)[C@H](SC(c1ccccc1)c1ccccc1)c1ccccc1. The Morgan fingerprint density at radius 3 is 1.61 bits per heavy atom. The van der Waals surface area contributed by atoms with Crippen LogP contribution in [0, 0.1) is 0 Å². The number of rotatable bonds is 8. The van der Waals surface area contributed by atoms with Crippen LogP contribution in [0.3, 0.4) is 0 Å². The van der Waals surface area contributed by atoms with Crippen molar-refractivity contribution in [3.05, 3.63) is 108 Å². The van der Waals surface area contributed by atoms with E-state index in [1.807, 2.05) is 91.0 Å². The molecule has 0 aliphatic carbocycles. The van der Waals surface area contributed by atoms with Gasteiger partial charge in [0.25, 0.3) is 0 Å². The molecule has 3 rings (SSSR count). The summed E-state index contributed by atoms with van der Waals surface area (Å²) in [5.41, 5.74) is 2.17. The highest BCUT2D eigenvalue weighted by molar-refractivity contribution is 8.00. The van der Waals surface area contributed by atoms with Gasteiger partial charge in [0, 0.05) is 0 Å². The van der Waals surface area contributed by atoms with Gasteiger partial charge in [0.1, 0.15) is 11.6 Å². The molecule has 2 N–H and O–H groups in total. The van der Waals surface area contributed by atoms with Gasteiger partial charge in [-0.05, 0) is 37.5 Å². The number of aliphatic carboxylic acids is 1. The average Bonchev–Trinajstić information content (AvgIpc) is 2.79. The Morgan fingerprint density at radius 1 is 0.788 bits per heavy atom. The van der Waals surface area contributed by atoms with Crippen molar-refractivity contribution in [2.24, 2.45) is 0 Å². The Balaban J connectivity index is 2.01. The molecule has 0 unspecified atom stereocenters. The molecule has 0 aliphatic heterocycles. The molecule has 0 bridgehead atoms. The van der Waals surface area contributed by atoms with E-state index in [0.717, 1.165) is 16.7 Å². The maximum atomic E-state index is 12.5. The van der Waals surface area contributed by atoms with E-state index in [-0.39, 0.29) is 5.25 Å². The van der Waals surface area contributed by atoms with Crippen molar-refractivity contribution in [3.8, 4) is 0 Å². The number of benzene rings is 3. The molecule has 6 heteroatoms. The molecule has 5 nitrogen and oxygen atoms in total. The zero-order valence-corrected chi connectivity index (χ0v) is 19.8. The fraction of sp³-hybridized carbons (Fsp3) is 0.259. The maximum absolute atomic E-state index is 12.5. The van der Waals surface area contributed by atoms with Gasteiger partial charge in [-0.1, -0.05) is 91.0 Å². The van der Waals surface area contributed by atoms with E-state index in [4.69, 9.17) is 4.74 Å². The van der Waals surface area contributed by atoms with Crippen LogP contribution in [-0.2, 0) is 9.53 Å². The van der Waals surface area contributed by atoms with E-state index in [0.29, 0.717) is 0 Å². The molecule has 0 radical (unpaired) electrons. The van der Waals surface area contributed by atoms with E-state index >= 15 is 0 Å². The number of thioether (sulfide) groups is 1. The van der Waals surface area contributed by atoms with Crippen LogP contribution in [0.5, 0.6) is 0 Å². The van der Waals surface area contributed by atoms with Gasteiger partial charge in [0.05, 0.1) is 10.5 Å². The molecule has 2 atom stereocenters. The van der Waals surface area contributed by atoms with Gasteiger partial charge in [-0.2, -0.15) is 0 Å². The summed E-state index contributed by atoms with van der Waals surface area (Å²) < 4.78 is 5.36. The zero-order chi connectivity index (χ0) is 23.8. The zero-order valence-electron chi connectivity index (χ0n) is 19.0. The number of carboxylic acid groups (broad SMARTS) is 1. The van der Waals surface area contributed by atoms with Gasteiger partial charge in [-0.25, -0.2) is 9.59 Å². The predicted molar refractivity (Wildman–Crippen MR) is 132 cm³/mol. The number of carboxylic acids is 1. The van der Waals surface area contributed by atoms with Gasteiger partial charge < -0.3 is 15.2 Å². The Bertz CT molecular complexity index is 996. The number of carbonyl (C=O) groups excluding carboxylic acids is 1. The molecule has 0 spiro atoms. The molecular formula is C27H29NO4S. The number of amides is 1. The molecule has 0 aromatic heterocycles. The van der Waals surface area contributed by atoms with Gasteiger partial charge >= 0.3 is 12.1 Å². The fourth-order valence-corrected chi connectivity index (χ4v) is 5.02. The standard InChI is InChI=1S/C27H29NO4S/c1-27(2,3)32-26(31)28-22(25(29)30)24(21-17-11-6-12-18-21)33-23(19-13-7-4-8-14-19)20-15-9-5-10-16-20/h4-18,22-24H,1-3H3,(H,28,31)(H,29,30)/t22-,24-/m1/s1. The predicted octanol–water partition coefficient (Wildman–Crippen LogP) is 6.23. The van der Waals surface area contributed by atoms with Crippen LogP contribution in [-0.4, -0.2) is 28.8 Å². The third-order valence-corrected chi connectivity index (χ3v) is 6.51. The second-order valence-corrected chi connectivity index (χ2v) is 9.88. The Hall–Kier alpha value is -3.25. The summed E-state index contributed by atoms with van der Waals surface area (Å²) in [6.45, 7) is 5.23.